The molecule has 0 unspecified atom stereocenters. The van der Waals surface area contributed by atoms with Crippen molar-refractivity contribution in [2.24, 2.45) is 0 Å². The maximum atomic E-state index is 13.2. The summed E-state index contributed by atoms with van der Waals surface area (Å²) >= 11 is 1.43. The molecule has 34 heavy (non-hydrogen) atoms. The van der Waals surface area contributed by atoms with Crippen molar-refractivity contribution >= 4 is 38.9 Å². The van der Waals surface area contributed by atoms with Crippen molar-refractivity contribution in [3.8, 4) is 0 Å². The Morgan fingerprint density at radius 2 is 1.85 bits per heavy atom. The Labute approximate surface area is 200 Å². The standard InChI is InChI=1S/C24H27FN6O2S/c1-2-11-30-23(33)22-19(10-16-34-22)31-20(26-27-24(30)31)4-3-5-21(32)29-14-12-28(13-15-29)18-8-6-17(25)7-9-18/h6-10,16H,2-5,11-15H2,1H3. The minimum atomic E-state index is -0.244. The molecule has 0 radical (unpaired) electrons. The van der Waals surface area contributed by atoms with Gasteiger partial charge >= 0.3 is 0 Å². The summed E-state index contributed by atoms with van der Waals surface area (Å²) in [5, 5.41) is 10.6. The Bertz CT molecular complexity index is 1370. The fourth-order valence-electron chi connectivity index (χ4n) is 4.59. The molecule has 1 aliphatic heterocycles. The summed E-state index contributed by atoms with van der Waals surface area (Å²) in [6, 6.07) is 8.42. The number of thiophene rings is 1. The molecule has 178 valence electrons. The van der Waals surface area contributed by atoms with Gasteiger partial charge < -0.3 is 9.80 Å². The zero-order chi connectivity index (χ0) is 23.7. The topological polar surface area (TPSA) is 75.7 Å². The van der Waals surface area contributed by atoms with Gasteiger partial charge in [-0.25, -0.2) is 4.39 Å². The zero-order valence-electron chi connectivity index (χ0n) is 19.1. The van der Waals surface area contributed by atoms with Crippen LogP contribution in [0.15, 0.2) is 40.5 Å². The van der Waals surface area contributed by atoms with Crippen LogP contribution in [0, 0.1) is 5.82 Å². The first-order valence-electron chi connectivity index (χ1n) is 11.7. The molecule has 0 spiro atoms. The Morgan fingerprint density at radius 3 is 2.59 bits per heavy atom. The van der Waals surface area contributed by atoms with Crippen LogP contribution in [-0.2, 0) is 17.8 Å². The van der Waals surface area contributed by atoms with E-state index in [9.17, 15) is 14.0 Å². The van der Waals surface area contributed by atoms with Crippen LogP contribution in [-0.4, -0.2) is 56.2 Å². The Kier molecular flexibility index (Phi) is 6.32. The van der Waals surface area contributed by atoms with E-state index in [1.54, 1.807) is 16.7 Å². The second-order valence-electron chi connectivity index (χ2n) is 8.54. The summed E-state index contributed by atoms with van der Waals surface area (Å²) in [5.74, 6) is 1.23. The summed E-state index contributed by atoms with van der Waals surface area (Å²) < 4.78 is 17.5. The number of rotatable bonds is 7. The zero-order valence-corrected chi connectivity index (χ0v) is 19.9. The summed E-state index contributed by atoms with van der Waals surface area (Å²) in [5.41, 5.74) is 1.79. The van der Waals surface area contributed by atoms with Gasteiger partial charge in [0.15, 0.2) is 0 Å². The van der Waals surface area contributed by atoms with Crippen LogP contribution in [0.3, 0.4) is 0 Å². The predicted molar refractivity (Wildman–Crippen MR) is 131 cm³/mol. The van der Waals surface area contributed by atoms with Crippen molar-refractivity contribution in [3.05, 3.63) is 57.7 Å². The quantitative estimate of drug-likeness (QED) is 0.404. The number of carbonyl (C=O) groups is 1. The number of hydrogen-bond donors (Lipinski definition) is 0. The predicted octanol–water partition coefficient (Wildman–Crippen LogP) is 3.33. The van der Waals surface area contributed by atoms with Crippen LogP contribution < -0.4 is 10.5 Å². The van der Waals surface area contributed by atoms with Gasteiger partial charge in [-0.2, -0.15) is 0 Å². The lowest BCUT2D eigenvalue weighted by Crippen LogP contribution is -2.48. The van der Waals surface area contributed by atoms with Gasteiger partial charge in [0.25, 0.3) is 5.56 Å². The number of halogens is 1. The first-order chi connectivity index (χ1) is 16.6. The highest BCUT2D eigenvalue weighted by atomic mass is 32.1. The van der Waals surface area contributed by atoms with Crippen molar-refractivity contribution in [2.45, 2.75) is 39.2 Å². The lowest BCUT2D eigenvalue weighted by Gasteiger charge is -2.36. The molecule has 4 aromatic rings. The number of amides is 1. The molecule has 0 saturated carbocycles. The Balaban J connectivity index is 1.22. The highest BCUT2D eigenvalue weighted by molar-refractivity contribution is 7.17. The maximum absolute atomic E-state index is 13.2. The second-order valence-corrected chi connectivity index (χ2v) is 9.46. The van der Waals surface area contributed by atoms with Crippen LogP contribution in [0.2, 0.25) is 0 Å². The summed E-state index contributed by atoms with van der Waals surface area (Å²) in [4.78, 5) is 29.7. The van der Waals surface area contributed by atoms with Gasteiger partial charge in [0.2, 0.25) is 11.7 Å². The molecule has 1 amide bonds. The van der Waals surface area contributed by atoms with Crippen molar-refractivity contribution in [2.75, 3.05) is 31.1 Å². The third-order valence-electron chi connectivity index (χ3n) is 6.34. The first-order valence-corrected chi connectivity index (χ1v) is 12.6. The molecular formula is C24H27FN6O2S. The number of benzene rings is 1. The lowest BCUT2D eigenvalue weighted by atomic mass is 10.2. The van der Waals surface area contributed by atoms with E-state index in [4.69, 9.17) is 0 Å². The van der Waals surface area contributed by atoms with Gasteiger partial charge in [0.1, 0.15) is 16.3 Å². The maximum Gasteiger partial charge on any atom is 0.272 e. The van der Waals surface area contributed by atoms with E-state index in [0.29, 0.717) is 49.4 Å². The Morgan fingerprint density at radius 1 is 1.09 bits per heavy atom. The van der Waals surface area contributed by atoms with Gasteiger partial charge in [-0.3, -0.25) is 18.6 Å². The van der Waals surface area contributed by atoms with Crippen LogP contribution in [0.5, 0.6) is 0 Å². The summed E-state index contributed by atoms with van der Waals surface area (Å²) in [7, 11) is 0. The number of aromatic nitrogens is 4. The van der Waals surface area contributed by atoms with E-state index < -0.39 is 0 Å². The van der Waals surface area contributed by atoms with Gasteiger partial charge in [-0.05, 0) is 48.6 Å². The second kappa shape index (κ2) is 9.54. The minimum absolute atomic E-state index is 0.0201. The molecule has 5 rings (SSSR count). The molecule has 4 heterocycles. The van der Waals surface area contributed by atoms with E-state index >= 15 is 0 Å². The van der Waals surface area contributed by atoms with E-state index in [-0.39, 0.29) is 17.3 Å². The lowest BCUT2D eigenvalue weighted by molar-refractivity contribution is -0.131. The molecule has 0 atom stereocenters. The number of anilines is 1. The third kappa shape index (κ3) is 4.18. The molecule has 1 fully saturated rings. The Hall–Kier alpha value is -3.27. The molecule has 0 aliphatic carbocycles. The van der Waals surface area contributed by atoms with Crippen LogP contribution in [0.1, 0.15) is 32.0 Å². The molecule has 3 aromatic heterocycles. The van der Waals surface area contributed by atoms with Crippen LogP contribution in [0.4, 0.5) is 10.1 Å². The van der Waals surface area contributed by atoms with Crippen LogP contribution >= 0.6 is 11.3 Å². The molecule has 0 bridgehead atoms. The monoisotopic (exact) mass is 482 g/mol. The fourth-order valence-corrected chi connectivity index (χ4v) is 5.41. The number of nitrogens with zero attached hydrogens (tertiary/aromatic N) is 6. The van der Waals surface area contributed by atoms with E-state index in [1.807, 2.05) is 27.7 Å². The van der Waals surface area contributed by atoms with Crippen molar-refractivity contribution in [1.82, 2.24) is 24.1 Å². The number of piperazine rings is 1. The smallest absolute Gasteiger partial charge is 0.272 e. The van der Waals surface area contributed by atoms with E-state index in [1.165, 1.54) is 23.5 Å². The summed E-state index contributed by atoms with van der Waals surface area (Å²) in [6.07, 6.45) is 2.54. The number of aryl methyl sites for hydroxylation is 2. The molecular weight excluding hydrogens is 455 g/mol. The van der Waals surface area contributed by atoms with Gasteiger partial charge in [-0.15, -0.1) is 21.5 Å². The van der Waals surface area contributed by atoms with Crippen molar-refractivity contribution in [3.63, 3.8) is 0 Å². The SMILES string of the molecule is CCCn1c(=O)c2sccc2n2c(CCCC(=O)N3CCN(c4ccc(F)cc4)CC3)nnc12. The number of carbonyl (C=O) groups excluding carboxylic acids is 1. The van der Waals surface area contributed by atoms with Crippen LogP contribution in [0.25, 0.3) is 16.0 Å². The number of fused-ring (bicyclic) bond motifs is 3. The third-order valence-corrected chi connectivity index (χ3v) is 7.23. The molecule has 8 nitrogen and oxygen atoms in total. The van der Waals surface area contributed by atoms with E-state index in [0.717, 1.165) is 36.5 Å². The first kappa shape index (κ1) is 22.5. The van der Waals surface area contributed by atoms with Crippen molar-refractivity contribution < 1.29 is 9.18 Å². The van der Waals surface area contributed by atoms with Crippen molar-refractivity contribution in [1.29, 1.82) is 0 Å². The van der Waals surface area contributed by atoms with Gasteiger partial charge in [0, 0.05) is 51.3 Å². The average molecular weight is 483 g/mol. The number of hydrogen-bond acceptors (Lipinski definition) is 6. The summed E-state index contributed by atoms with van der Waals surface area (Å²) in [6.45, 7) is 5.40. The average Bonchev–Trinajstić information content (AvgIpc) is 3.50. The molecule has 10 heteroatoms. The minimum Gasteiger partial charge on any atom is -0.368 e. The van der Waals surface area contributed by atoms with E-state index in [2.05, 4.69) is 15.1 Å². The van der Waals surface area contributed by atoms with Gasteiger partial charge in [0.05, 0.1) is 5.52 Å². The molecule has 1 saturated heterocycles. The molecule has 1 aliphatic rings. The normalized spacial score (nSPS) is 14.4. The highest BCUT2D eigenvalue weighted by Gasteiger charge is 2.22. The molecule has 0 N–H and O–H groups in total. The highest BCUT2D eigenvalue weighted by Crippen LogP contribution is 2.21. The largest absolute Gasteiger partial charge is 0.368 e. The molecule has 1 aromatic carbocycles. The fraction of sp³-hybridized carbons (Fsp3) is 0.417. The van der Waals surface area contributed by atoms with Gasteiger partial charge in [-0.1, -0.05) is 6.92 Å².